The predicted octanol–water partition coefficient (Wildman–Crippen LogP) is 6.96. The highest BCUT2D eigenvalue weighted by Gasteiger charge is 2.14. The number of ketones is 1. The molecule has 188 valence electrons. The van der Waals surface area contributed by atoms with E-state index in [1.165, 1.54) is 0 Å². The van der Waals surface area contributed by atoms with Gasteiger partial charge in [-0.05, 0) is 48.2 Å². The van der Waals surface area contributed by atoms with Crippen molar-refractivity contribution in [3.63, 3.8) is 0 Å². The third-order valence-corrected chi connectivity index (χ3v) is 5.99. The normalized spacial score (nSPS) is 11.1. The smallest absolute Gasteiger partial charge is 0.161 e. The molecule has 0 heterocycles. The summed E-state index contributed by atoms with van der Waals surface area (Å²) in [5.74, 6) is 1.45. The zero-order valence-corrected chi connectivity index (χ0v) is 21.4. The van der Waals surface area contributed by atoms with Crippen LogP contribution in [0, 0.1) is 6.92 Å². The summed E-state index contributed by atoms with van der Waals surface area (Å²) in [6.07, 6.45) is 1.88. The van der Waals surface area contributed by atoms with Crippen LogP contribution in [0.1, 0.15) is 34.7 Å². The molecule has 0 spiro atoms. The Morgan fingerprint density at radius 2 is 1.24 bits per heavy atom. The Hall–Kier alpha value is -4.31. The molecule has 0 radical (unpaired) electrons. The van der Waals surface area contributed by atoms with E-state index in [-0.39, 0.29) is 12.2 Å². The first-order valence-corrected chi connectivity index (χ1v) is 12.5. The van der Waals surface area contributed by atoms with E-state index in [1.54, 1.807) is 6.08 Å². The lowest BCUT2D eigenvalue weighted by Gasteiger charge is -2.16. The molecule has 4 heteroatoms. The van der Waals surface area contributed by atoms with Crippen LogP contribution in [-0.4, -0.2) is 5.78 Å². The minimum Gasteiger partial charge on any atom is -0.489 e. The Morgan fingerprint density at radius 1 is 0.730 bits per heavy atom. The van der Waals surface area contributed by atoms with E-state index in [9.17, 15) is 4.79 Å². The fourth-order valence-corrected chi connectivity index (χ4v) is 3.97. The van der Waals surface area contributed by atoms with Crippen LogP contribution in [0.2, 0.25) is 0 Å². The topological polar surface area (TPSA) is 47.6 Å². The minimum atomic E-state index is 0.000449. The van der Waals surface area contributed by atoms with Gasteiger partial charge in [0.1, 0.15) is 24.7 Å². The molecule has 0 aromatic heterocycles. The summed E-state index contributed by atoms with van der Waals surface area (Å²) in [5, 5.41) is 3.32. The van der Waals surface area contributed by atoms with Crippen LogP contribution in [-0.2, 0) is 31.0 Å². The quantitative estimate of drug-likeness (QED) is 0.218. The van der Waals surface area contributed by atoms with E-state index in [2.05, 4.69) is 17.4 Å². The largest absolute Gasteiger partial charge is 0.489 e. The second-order valence-electron chi connectivity index (χ2n) is 9.08. The van der Waals surface area contributed by atoms with Gasteiger partial charge in [-0.2, -0.15) is 0 Å². The Balaban J connectivity index is 1.49. The Labute approximate surface area is 219 Å². The molecule has 0 atom stereocenters. The highest BCUT2D eigenvalue weighted by molar-refractivity contribution is 5.92. The van der Waals surface area contributed by atoms with Gasteiger partial charge in [0.25, 0.3) is 0 Å². The molecular weight excluding hydrogens is 458 g/mol. The number of hydrogen-bond donors (Lipinski definition) is 1. The van der Waals surface area contributed by atoms with Gasteiger partial charge in [-0.3, -0.25) is 4.79 Å². The molecule has 0 saturated heterocycles. The van der Waals surface area contributed by atoms with Crippen molar-refractivity contribution in [2.75, 3.05) is 0 Å². The van der Waals surface area contributed by atoms with Gasteiger partial charge in [0.2, 0.25) is 0 Å². The number of carbonyl (C=O) groups excluding carboxylic acids is 1. The highest BCUT2D eigenvalue weighted by atomic mass is 16.5. The van der Waals surface area contributed by atoms with Crippen LogP contribution in [0.15, 0.2) is 115 Å². The van der Waals surface area contributed by atoms with Crippen molar-refractivity contribution in [1.29, 1.82) is 0 Å². The van der Waals surface area contributed by atoms with Gasteiger partial charge in [0.05, 0.1) is 0 Å². The maximum Gasteiger partial charge on any atom is 0.161 e. The van der Waals surface area contributed by atoms with Crippen LogP contribution in [0.5, 0.6) is 11.5 Å². The van der Waals surface area contributed by atoms with Crippen molar-refractivity contribution in [3.05, 3.63) is 143 Å². The fraction of sp³-hybridized carbons (Fsp3) is 0.182. The van der Waals surface area contributed by atoms with E-state index in [0.717, 1.165) is 39.3 Å². The number of aryl methyl sites for hydroxylation is 1. The van der Waals surface area contributed by atoms with Crippen LogP contribution in [0.3, 0.4) is 0 Å². The van der Waals surface area contributed by atoms with E-state index >= 15 is 0 Å². The first kappa shape index (κ1) is 25.8. The lowest BCUT2D eigenvalue weighted by molar-refractivity contribution is -0.114. The summed E-state index contributed by atoms with van der Waals surface area (Å²) in [5.41, 5.74) is 5.93. The zero-order valence-electron chi connectivity index (χ0n) is 21.4. The predicted molar refractivity (Wildman–Crippen MR) is 148 cm³/mol. The summed E-state index contributed by atoms with van der Waals surface area (Å²) in [4.78, 5) is 13.0. The van der Waals surface area contributed by atoms with Crippen molar-refractivity contribution < 1.29 is 14.3 Å². The second-order valence-corrected chi connectivity index (χ2v) is 9.08. The number of carbonyl (C=O) groups is 1. The summed E-state index contributed by atoms with van der Waals surface area (Å²) >= 11 is 0. The second kappa shape index (κ2) is 13.1. The first-order chi connectivity index (χ1) is 18.1. The molecule has 37 heavy (non-hydrogen) atoms. The van der Waals surface area contributed by atoms with Gasteiger partial charge in [-0.15, -0.1) is 0 Å². The fourth-order valence-electron chi connectivity index (χ4n) is 3.97. The van der Waals surface area contributed by atoms with Gasteiger partial charge in [0, 0.05) is 30.3 Å². The molecule has 0 saturated carbocycles. The number of rotatable bonds is 12. The van der Waals surface area contributed by atoms with Crippen molar-refractivity contribution in [1.82, 2.24) is 5.32 Å². The maximum absolute atomic E-state index is 13.0. The van der Waals surface area contributed by atoms with Crippen LogP contribution in [0.4, 0.5) is 0 Å². The third kappa shape index (κ3) is 8.11. The molecule has 0 fully saturated rings. The van der Waals surface area contributed by atoms with Gasteiger partial charge >= 0.3 is 0 Å². The molecule has 4 aromatic rings. The molecule has 0 aliphatic carbocycles. The number of hydrogen-bond acceptors (Lipinski definition) is 4. The Bertz CT molecular complexity index is 1320. The SMILES string of the molecule is C/C(=C/C(=O)Cc1cc(OCc2ccccc2)c(C)cc1OCc1ccccc1)NCc1ccccc1. The summed E-state index contributed by atoms with van der Waals surface area (Å²) in [7, 11) is 0. The van der Waals surface area contributed by atoms with Crippen LogP contribution < -0.4 is 14.8 Å². The lowest BCUT2D eigenvalue weighted by atomic mass is 10.0. The molecule has 1 N–H and O–H groups in total. The van der Waals surface area contributed by atoms with Crippen molar-refractivity contribution in [3.8, 4) is 11.5 Å². The lowest BCUT2D eigenvalue weighted by Crippen LogP contribution is -2.13. The molecule has 0 unspecified atom stereocenters. The number of ether oxygens (including phenoxy) is 2. The van der Waals surface area contributed by atoms with E-state index in [1.807, 2.05) is 105 Å². The van der Waals surface area contributed by atoms with E-state index in [4.69, 9.17) is 9.47 Å². The zero-order chi connectivity index (χ0) is 25.9. The van der Waals surface area contributed by atoms with Crippen molar-refractivity contribution in [2.24, 2.45) is 0 Å². The molecule has 4 aromatic carbocycles. The molecular formula is C33H33NO3. The summed E-state index contributed by atoms with van der Waals surface area (Å²) in [6, 6.07) is 34.1. The van der Waals surface area contributed by atoms with Gasteiger partial charge in [0.15, 0.2) is 5.78 Å². The monoisotopic (exact) mass is 491 g/mol. The number of nitrogens with one attached hydrogen (secondary N) is 1. The average molecular weight is 492 g/mol. The molecule has 0 aliphatic rings. The van der Waals surface area contributed by atoms with Gasteiger partial charge < -0.3 is 14.8 Å². The molecule has 0 bridgehead atoms. The van der Waals surface area contributed by atoms with Crippen molar-refractivity contribution >= 4 is 5.78 Å². The minimum absolute atomic E-state index is 0.000449. The first-order valence-electron chi connectivity index (χ1n) is 12.5. The molecule has 0 aliphatic heterocycles. The molecule has 0 amide bonds. The highest BCUT2D eigenvalue weighted by Crippen LogP contribution is 2.30. The number of benzene rings is 4. The molecule has 4 nitrogen and oxygen atoms in total. The Morgan fingerprint density at radius 3 is 1.81 bits per heavy atom. The van der Waals surface area contributed by atoms with E-state index in [0.29, 0.717) is 25.5 Å². The van der Waals surface area contributed by atoms with Gasteiger partial charge in [-0.1, -0.05) is 91.0 Å². The van der Waals surface area contributed by atoms with E-state index < -0.39 is 0 Å². The third-order valence-electron chi connectivity index (χ3n) is 5.99. The maximum atomic E-state index is 13.0. The summed E-state index contributed by atoms with van der Waals surface area (Å²) in [6.45, 7) is 5.47. The van der Waals surface area contributed by atoms with Gasteiger partial charge in [-0.25, -0.2) is 0 Å². The van der Waals surface area contributed by atoms with Crippen molar-refractivity contribution in [2.45, 2.75) is 40.0 Å². The van der Waals surface area contributed by atoms with Crippen LogP contribution >= 0.6 is 0 Å². The summed E-state index contributed by atoms with van der Waals surface area (Å²) < 4.78 is 12.3. The number of allylic oxidation sites excluding steroid dienone is 2. The Kier molecular flexibility index (Phi) is 9.14. The average Bonchev–Trinajstić information content (AvgIpc) is 2.93. The van der Waals surface area contributed by atoms with Crippen LogP contribution in [0.25, 0.3) is 0 Å². The standard InChI is InChI=1S/C33H33NO3/c1-25-18-33(37-24-29-16-10-5-11-17-29)30(21-32(25)36-23-28-14-8-4-9-15-28)20-31(35)19-26(2)34-22-27-12-6-3-7-13-27/h3-19,21,34H,20,22-24H2,1-2H3/b26-19-. The molecule has 4 rings (SSSR count).